The average Bonchev–Trinajstić information content (AvgIpc) is 2.39. The van der Waals surface area contributed by atoms with Crippen molar-refractivity contribution in [3.8, 4) is 0 Å². The minimum atomic E-state index is -0.551. The van der Waals surface area contributed by atoms with E-state index in [1.807, 2.05) is 11.9 Å². The highest BCUT2D eigenvalue weighted by Crippen LogP contribution is 2.21. The lowest BCUT2D eigenvalue weighted by atomic mass is 10.3. The van der Waals surface area contributed by atoms with Crippen molar-refractivity contribution in [1.29, 1.82) is 0 Å². The number of carbonyl (C=O) groups is 1. The lowest BCUT2D eigenvalue weighted by Crippen LogP contribution is -2.15. The van der Waals surface area contributed by atoms with Crippen LogP contribution in [0, 0.1) is 0 Å². The highest BCUT2D eigenvalue weighted by molar-refractivity contribution is 5.91. The van der Waals surface area contributed by atoms with Crippen molar-refractivity contribution in [2.24, 2.45) is 5.73 Å². The molecule has 0 aliphatic rings. The topological polar surface area (TPSA) is 85.0 Å². The van der Waals surface area contributed by atoms with E-state index >= 15 is 0 Å². The average molecular weight is 229 g/mol. The maximum absolute atomic E-state index is 11.0. The van der Waals surface area contributed by atoms with E-state index in [0.29, 0.717) is 0 Å². The predicted molar refractivity (Wildman–Crippen MR) is 62.8 cm³/mol. The lowest BCUT2D eigenvalue weighted by Gasteiger charge is -2.18. The SMILES string of the molecule is CN(c1cncnc1)c1ccnc(C(N)=O)c1. The Balaban J connectivity index is 2.34. The molecule has 2 aromatic rings. The lowest BCUT2D eigenvalue weighted by molar-refractivity contribution is 0.0995. The van der Waals surface area contributed by atoms with Gasteiger partial charge in [0.15, 0.2) is 0 Å². The number of pyridine rings is 1. The molecule has 86 valence electrons. The maximum atomic E-state index is 11.0. The molecule has 0 saturated heterocycles. The summed E-state index contributed by atoms with van der Waals surface area (Å²) in [5, 5.41) is 0. The molecule has 0 aliphatic carbocycles. The first-order valence-electron chi connectivity index (χ1n) is 4.93. The molecule has 2 aromatic heterocycles. The first-order valence-corrected chi connectivity index (χ1v) is 4.93. The molecule has 1 amide bonds. The second kappa shape index (κ2) is 4.56. The second-order valence-corrected chi connectivity index (χ2v) is 3.42. The van der Waals surface area contributed by atoms with Crippen LogP contribution in [0.2, 0.25) is 0 Å². The third-order valence-corrected chi connectivity index (χ3v) is 2.32. The van der Waals surface area contributed by atoms with E-state index in [1.165, 1.54) is 12.5 Å². The van der Waals surface area contributed by atoms with Crippen LogP contribution in [0.4, 0.5) is 11.4 Å². The fraction of sp³-hybridized carbons (Fsp3) is 0.0909. The number of hydrogen-bond acceptors (Lipinski definition) is 5. The second-order valence-electron chi connectivity index (χ2n) is 3.42. The van der Waals surface area contributed by atoms with Gasteiger partial charge in [-0.3, -0.25) is 9.78 Å². The minimum absolute atomic E-state index is 0.228. The van der Waals surface area contributed by atoms with Crippen molar-refractivity contribution in [2.75, 3.05) is 11.9 Å². The summed E-state index contributed by atoms with van der Waals surface area (Å²) >= 11 is 0. The van der Waals surface area contributed by atoms with Crippen LogP contribution >= 0.6 is 0 Å². The molecule has 0 spiro atoms. The number of aromatic nitrogens is 3. The van der Waals surface area contributed by atoms with Crippen LogP contribution < -0.4 is 10.6 Å². The molecule has 2 rings (SSSR count). The Bertz CT molecular complexity index is 528. The van der Waals surface area contributed by atoms with Crippen molar-refractivity contribution >= 4 is 17.3 Å². The van der Waals surface area contributed by atoms with Gasteiger partial charge in [-0.15, -0.1) is 0 Å². The molecule has 0 aliphatic heterocycles. The normalized spacial score (nSPS) is 9.94. The Morgan fingerprint density at radius 2 is 2.00 bits per heavy atom. The molecule has 0 bridgehead atoms. The first kappa shape index (κ1) is 11.0. The molecule has 0 unspecified atom stereocenters. The van der Waals surface area contributed by atoms with Crippen molar-refractivity contribution in [3.63, 3.8) is 0 Å². The number of primary amides is 1. The van der Waals surface area contributed by atoms with E-state index in [4.69, 9.17) is 5.73 Å². The van der Waals surface area contributed by atoms with Gasteiger partial charge in [-0.25, -0.2) is 9.97 Å². The molecular formula is C11H11N5O. The van der Waals surface area contributed by atoms with Crippen LogP contribution in [0.5, 0.6) is 0 Å². The molecule has 0 atom stereocenters. The smallest absolute Gasteiger partial charge is 0.267 e. The van der Waals surface area contributed by atoms with Gasteiger partial charge in [0.1, 0.15) is 12.0 Å². The molecule has 17 heavy (non-hydrogen) atoms. The standard InChI is InChI=1S/C11H11N5O/c1-16(9-5-13-7-14-6-9)8-2-3-15-10(4-8)11(12)17/h2-7H,1H3,(H2,12,17). The Morgan fingerprint density at radius 1 is 1.29 bits per heavy atom. The van der Waals surface area contributed by atoms with Crippen molar-refractivity contribution < 1.29 is 4.79 Å². The summed E-state index contributed by atoms with van der Waals surface area (Å²) in [5.41, 5.74) is 7.01. The summed E-state index contributed by atoms with van der Waals surface area (Å²) in [6.07, 6.45) is 6.35. The van der Waals surface area contributed by atoms with Crippen LogP contribution in [0.3, 0.4) is 0 Å². The van der Waals surface area contributed by atoms with Gasteiger partial charge >= 0.3 is 0 Å². The van der Waals surface area contributed by atoms with Gasteiger partial charge in [0.25, 0.3) is 5.91 Å². The summed E-state index contributed by atoms with van der Waals surface area (Å²) in [6.45, 7) is 0. The van der Waals surface area contributed by atoms with Gasteiger partial charge in [0.2, 0.25) is 0 Å². The Labute approximate surface area is 98.1 Å². The van der Waals surface area contributed by atoms with Crippen molar-refractivity contribution in [2.45, 2.75) is 0 Å². The summed E-state index contributed by atoms with van der Waals surface area (Å²) in [7, 11) is 1.85. The molecule has 0 fully saturated rings. The highest BCUT2D eigenvalue weighted by atomic mass is 16.1. The van der Waals surface area contributed by atoms with E-state index in [1.54, 1.807) is 24.5 Å². The fourth-order valence-corrected chi connectivity index (χ4v) is 1.38. The van der Waals surface area contributed by atoms with E-state index < -0.39 is 5.91 Å². The minimum Gasteiger partial charge on any atom is -0.364 e. The molecule has 2 heterocycles. The largest absolute Gasteiger partial charge is 0.364 e. The van der Waals surface area contributed by atoms with Gasteiger partial charge < -0.3 is 10.6 Å². The van der Waals surface area contributed by atoms with E-state index in [0.717, 1.165) is 11.4 Å². The number of anilines is 2. The van der Waals surface area contributed by atoms with E-state index in [9.17, 15) is 4.79 Å². The maximum Gasteiger partial charge on any atom is 0.267 e. The Kier molecular flexibility index (Phi) is 2.95. The van der Waals surface area contributed by atoms with Crippen LogP contribution in [-0.4, -0.2) is 27.9 Å². The molecule has 6 nitrogen and oxygen atoms in total. The van der Waals surface area contributed by atoms with Gasteiger partial charge in [-0.1, -0.05) is 0 Å². The third kappa shape index (κ3) is 2.36. The monoisotopic (exact) mass is 229 g/mol. The summed E-state index contributed by atoms with van der Waals surface area (Å²) < 4.78 is 0. The molecule has 0 saturated carbocycles. The van der Waals surface area contributed by atoms with Crippen molar-refractivity contribution in [1.82, 2.24) is 15.0 Å². The fourth-order valence-electron chi connectivity index (χ4n) is 1.38. The van der Waals surface area contributed by atoms with E-state index in [-0.39, 0.29) is 5.69 Å². The van der Waals surface area contributed by atoms with Crippen LogP contribution in [0.25, 0.3) is 0 Å². The van der Waals surface area contributed by atoms with Gasteiger partial charge in [-0.05, 0) is 12.1 Å². The number of nitrogens with zero attached hydrogens (tertiary/aromatic N) is 4. The summed E-state index contributed by atoms with van der Waals surface area (Å²) in [5.74, 6) is -0.551. The summed E-state index contributed by atoms with van der Waals surface area (Å²) in [4.78, 5) is 24.6. The quantitative estimate of drug-likeness (QED) is 0.838. The highest BCUT2D eigenvalue weighted by Gasteiger charge is 2.08. The Morgan fingerprint density at radius 3 is 2.65 bits per heavy atom. The first-order chi connectivity index (χ1) is 8.18. The zero-order valence-electron chi connectivity index (χ0n) is 9.24. The number of carbonyl (C=O) groups excluding carboxylic acids is 1. The number of hydrogen-bond donors (Lipinski definition) is 1. The van der Waals surface area contributed by atoms with Crippen LogP contribution in [0.15, 0.2) is 37.1 Å². The van der Waals surface area contributed by atoms with Crippen molar-refractivity contribution in [3.05, 3.63) is 42.7 Å². The predicted octanol–water partition coefficient (Wildman–Crippen LogP) is 0.738. The number of nitrogens with two attached hydrogens (primary N) is 1. The van der Waals surface area contributed by atoms with Gasteiger partial charge in [-0.2, -0.15) is 0 Å². The third-order valence-electron chi connectivity index (χ3n) is 2.32. The zero-order valence-corrected chi connectivity index (χ0v) is 9.24. The molecule has 6 heteroatoms. The number of amides is 1. The Hall–Kier alpha value is -2.50. The van der Waals surface area contributed by atoms with Crippen LogP contribution in [-0.2, 0) is 0 Å². The zero-order chi connectivity index (χ0) is 12.3. The molecular weight excluding hydrogens is 218 g/mol. The number of rotatable bonds is 3. The van der Waals surface area contributed by atoms with Gasteiger partial charge in [0, 0.05) is 18.9 Å². The van der Waals surface area contributed by atoms with E-state index in [2.05, 4.69) is 15.0 Å². The molecule has 0 aromatic carbocycles. The van der Waals surface area contributed by atoms with Crippen LogP contribution in [0.1, 0.15) is 10.5 Å². The molecule has 0 radical (unpaired) electrons. The molecule has 2 N–H and O–H groups in total. The summed E-state index contributed by atoms with van der Waals surface area (Å²) in [6, 6.07) is 3.40. The van der Waals surface area contributed by atoms with Gasteiger partial charge in [0.05, 0.1) is 18.1 Å².